The highest BCUT2D eigenvalue weighted by atomic mass is 16.6. The Labute approximate surface area is 153 Å². The van der Waals surface area contributed by atoms with Gasteiger partial charge in [0.1, 0.15) is 5.60 Å². The summed E-state index contributed by atoms with van der Waals surface area (Å²) in [5.74, 6) is 0.152. The van der Waals surface area contributed by atoms with Crippen LogP contribution in [0.3, 0.4) is 0 Å². The van der Waals surface area contributed by atoms with Gasteiger partial charge < -0.3 is 19.3 Å². The molecule has 0 aromatic heterocycles. The summed E-state index contributed by atoms with van der Waals surface area (Å²) in [5, 5.41) is 14.0. The Balaban J connectivity index is 2.39. The molecule has 1 aromatic carbocycles. The summed E-state index contributed by atoms with van der Waals surface area (Å²) in [5.41, 5.74) is 0.121. The molecule has 9 nitrogen and oxygen atoms in total. The van der Waals surface area contributed by atoms with Gasteiger partial charge in [-0.3, -0.25) is 15.4 Å². The normalized spacial score (nSPS) is 15.5. The van der Waals surface area contributed by atoms with Crippen LogP contribution in [-0.2, 0) is 4.74 Å². The number of nitrogens with one attached hydrogen (secondary N) is 1. The molecule has 0 spiro atoms. The first-order valence-corrected chi connectivity index (χ1v) is 8.40. The van der Waals surface area contributed by atoms with Crippen molar-refractivity contribution in [2.75, 3.05) is 50.6 Å². The number of anilines is 2. The van der Waals surface area contributed by atoms with E-state index < -0.39 is 16.6 Å². The highest BCUT2D eigenvalue weighted by Gasteiger charge is 2.26. The first kappa shape index (κ1) is 19.8. The number of hydrogen-bond acceptors (Lipinski definition) is 7. The number of nitrogens with zero attached hydrogens (tertiary/aromatic N) is 3. The largest absolute Gasteiger partial charge is 0.490 e. The quantitative estimate of drug-likeness (QED) is 0.646. The summed E-state index contributed by atoms with van der Waals surface area (Å²) in [7, 11) is 3.42. The van der Waals surface area contributed by atoms with Crippen molar-refractivity contribution in [2.45, 2.75) is 26.4 Å². The van der Waals surface area contributed by atoms with Crippen molar-refractivity contribution in [2.24, 2.45) is 0 Å². The lowest BCUT2D eigenvalue weighted by Gasteiger charge is -2.35. The number of nitro benzene ring substituents is 1. The molecule has 1 N–H and O–H groups in total. The van der Waals surface area contributed by atoms with Gasteiger partial charge in [-0.25, -0.2) is 4.79 Å². The topological polar surface area (TPSA) is 97.2 Å². The molecule has 26 heavy (non-hydrogen) atoms. The van der Waals surface area contributed by atoms with E-state index in [1.165, 1.54) is 13.2 Å². The minimum atomic E-state index is -0.670. The zero-order valence-corrected chi connectivity index (χ0v) is 15.9. The zero-order valence-electron chi connectivity index (χ0n) is 15.9. The van der Waals surface area contributed by atoms with Crippen molar-refractivity contribution >= 4 is 23.2 Å². The summed E-state index contributed by atoms with van der Waals surface area (Å²) in [6.45, 7) is 8.44. The van der Waals surface area contributed by atoms with E-state index in [-0.39, 0.29) is 11.4 Å². The van der Waals surface area contributed by atoms with Crippen LogP contribution in [0.2, 0.25) is 0 Å². The maximum Gasteiger partial charge on any atom is 0.412 e. The second-order valence-electron chi connectivity index (χ2n) is 7.22. The molecule has 0 bridgehead atoms. The van der Waals surface area contributed by atoms with E-state index in [1.54, 1.807) is 26.8 Å². The maximum atomic E-state index is 12.2. The molecule has 0 unspecified atom stereocenters. The SMILES string of the molecule is COc1cc(N2CCN(C)CC2)c(NC(=O)OC(C)(C)C)cc1[N+](=O)[O-]. The van der Waals surface area contributed by atoms with Crippen LogP contribution in [0.5, 0.6) is 5.75 Å². The van der Waals surface area contributed by atoms with Gasteiger partial charge in [0.05, 0.1) is 23.4 Å². The fourth-order valence-corrected chi connectivity index (χ4v) is 2.69. The molecule has 1 saturated heterocycles. The van der Waals surface area contributed by atoms with Gasteiger partial charge in [0.2, 0.25) is 0 Å². The number of piperazine rings is 1. The molecule has 9 heteroatoms. The third kappa shape index (κ3) is 4.98. The van der Waals surface area contributed by atoms with Crippen LogP contribution in [0, 0.1) is 10.1 Å². The molecule has 0 atom stereocenters. The van der Waals surface area contributed by atoms with Crippen LogP contribution in [-0.4, -0.2) is 61.9 Å². The van der Waals surface area contributed by atoms with Crippen LogP contribution < -0.4 is 15.0 Å². The Morgan fingerprint density at radius 3 is 2.35 bits per heavy atom. The minimum Gasteiger partial charge on any atom is -0.490 e. The first-order valence-electron chi connectivity index (χ1n) is 8.40. The van der Waals surface area contributed by atoms with E-state index >= 15 is 0 Å². The van der Waals surface area contributed by atoms with Crippen molar-refractivity contribution in [3.8, 4) is 5.75 Å². The third-order valence-electron chi connectivity index (χ3n) is 3.97. The molecule has 0 radical (unpaired) electrons. The lowest BCUT2D eigenvalue weighted by molar-refractivity contribution is -0.385. The number of nitro groups is 1. The van der Waals surface area contributed by atoms with Crippen molar-refractivity contribution < 1.29 is 19.2 Å². The van der Waals surface area contributed by atoms with Crippen molar-refractivity contribution in [1.29, 1.82) is 0 Å². The summed E-state index contributed by atoms with van der Waals surface area (Å²) in [6.07, 6.45) is -0.660. The first-order chi connectivity index (χ1) is 12.1. The Kier molecular flexibility index (Phi) is 5.91. The molecular formula is C17H26N4O5. The minimum absolute atomic E-state index is 0.152. The number of rotatable bonds is 4. The van der Waals surface area contributed by atoms with E-state index in [1.807, 2.05) is 7.05 Å². The van der Waals surface area contributed by atoms with Crippen molar-refractivity contribution in [1.82, 2.24) is 4.90 Å². The fraction of sp³-hybridized carbons (Fsp3) is 0.588. The maximum absolute atomic E-state index is 12.2. The van der Waals surface area contributed by atoms with Crippen LogP contribution in [0.1, 0.15) is 20.8 Å². The monoisotopic (exact) mass is 366 g/mol. The lowest BCUT2D eigenvalue weighted by atomic mass is 10.1. The molecule has 2 rings (SSSR count). The molecule has 1 aliphatic heterocycles. The smallest absolute Gasteiger partial charge is 0.412 e. The number of likely N-dealkylation sites (N-methyl/N-ethyl adjacent to an activating group) is 1. The number of benzene rings is 1. The van der Waals surface area contributed by atoms with Crippen molar-refractivity contribution in [3.63, 3.8) is 0 Å². The Hall–Kier alpha value is -2.55. The molecule has 1 fully saturated rings. The van der Waals surface area contributed by atoms with E-state index in [9.17, 15) is 14.9 Å². The van der Waals surface area contributed by atoms with Gasteiger partial charge in [-0.15, -0.1) is 0 Å². The number of hydrogen-bond donors (Lipinski definition) is 1. The average Bonchev–Trinajstić information content (AvgIpc) is 2.53. The summed E-state index contributed by atoms with van der Waals surface area (Å²) < 4.78 is 10.5. The third-order valence-corrected chi connectivity index (χ3v) is 3.97. The average molecular weight is 366 g/mol. The summed E-state index contributed by atoms with van der Waals surface area (Å²) >= 11 is 0. The zero-order chi connectivity index (χ0) is 19.5. The van der Waals surface area contributed by atoms with Gasteiger partial charge in [-0.05, 0) is 27.8 Å². The predicted molar refractivity (Wildman–Crippen MR) is 99.2 cm³/mol. The highest BCUT2D eigenvalue weighted by Crippen LogP contribution is 2.38. The Bertz CT molecular complexity index is 678. The van der Waals surface area contributed by atoms with Crippen LogP contribution in [0.15, 0.2) is 12.1 Å². The van der Waals surface area contributed by atoms with Crippen LogP contribution in [0.4, 0.5) is 21.9 Å². The molecular weight excluding hydrogens is 340 g/mol. The Morgan fingerprint density at radius 1 is 1.23 bits per heavy atom. The molecule has 0 aliphatic carbocycles. The summed E-state index contributed by atoms with van der Waals surface area (Å²) in [6, 6.07) is 2.91. The van der Waals surface area contributed by atoms with Gasteiger partial charge in [-0.1, -0.05) is 0 Å². The lowest BCUT2D eigenvalue weighted by Crippen LogP contribution is -2.44. The van der Waals surface area contributed by atoms with E-state index in [4.69, 9.17) is 9.47 Å². The second kappa shape index (κ2) is 7.77. The number of carbonyl (C=O) groups is 1. The number of ether oxygens (including phenoxy) is 2. The molecule has 1 heterocycles. The van der Waals surface area contributed by atoms with Gasteiger partial charge >= 0.3 is 11.8 Å². The van der Waals surface area contributed by atoms with Crippen LogP contribution >= 0.6 is 0 Å². The van der Waals surface area contributed by atoms with Crippen molar-refractivity contribution in [3.05, 3.63) is 22.2 Å². The standard InChI is InChI=1S/C17H26N4O5/c1-17(2,3)26-16(22)18-12-10-14(21(23)24)15(25-5)11-13(12)20-8-6-19(4)7-9-20/h10-11H,6-9H2,1-5H3,(H,18,22). The fourth-order valence-electron chi connectivity index (χ4n) is 2.69. The Morgan fingerprint density at radius 2 is 1.85 bits per heavy atom. The van der Waals surface area contributed by atoms with Gasteiger partial charge in [-0.2, -0.15) is 0 Å². The van der Waals surface area contributed by atoms with Gasteiger partial charge in [0.15, 0.2) is 5.75 Å². The molecule has 0 saturated carbocycles. The van der Waals surface area contributed by atoms with E-state index in [2.05, 4.69) is 15.1 Å². The molecule has 1 aromatic rings. The van der Waals surface area contributed by atoms with E-state index in [0.29, 0.717) is 11.4 Å². The van der Waals surface area contributed by atoms with Gasteiger partial charge in [0, 0.05) is 38.3 Å². The predicted octanol–water partition coefficient (Wildman–Crippen LogP) is 2.70. The number of methoxy groups -OCH3 is 1. The number of carbonyl (C=O) groups excluding carboxylic acids is 1. The van der Waals surface area contributed by atoms with Gasteiger partial charge in [0.25, 0.3) is 0 Å². The van der Waals surface area contributed by atoms with Crippen LogP contribution in [0.25, 0.3) is 0 Å². The second-order valence-corrected chi connectivity index (χ2v) is 7.22. The highest BCUT2D eigenvalue weighted by molar-refractivity contribution is 5.91. The van der Waals surface area contributed by atoms with E-state index in [0.717, 1.165) is 26.2 Å². The molecule has 144 valence electrons. The molecule has 1 amide bonds. The summed E-state index contributed by atoms with van der Waals surface area (Å²) in [4.78, 5) is 27.3. The number of amides is 1. The molecule has 1 aliphatic rings.